The van der Waals surface area contributed by atoms with Gasteiger partial charge in [0.2, 0.25) is 0 Å². The summed E-state index contributed by atoms with van der Waals surface area (Å²) < 4.78 is 5.54. The lowest BCUT2D eigenvalue weighted by atomic mass is 10.2. The Kier molecular flexibility index (Phi) is 5.67. The lowest BCUT2D eigenvalue weighted by Gasteiger charge is -2.10. The number of aryl methyl sites for hydroxylation is 1. The fourth-order valence-corrected chi connectivity index (χ4v) is 2.87. The second kappa shape index (κ2) is 7.74. The second-order valence-corrected chi connectivity index (χ2v) is 5.68. The van der Waals surface area contributed by atoms with Crippen LogP contribution >= 0.6 is 11.3 Å². The highest BCUT2D eigenvalue weighted by atomic mass is 32.1. The maximum absolute atomic E-state index is 5.54. The van der Waals surface area contributed by atoms with E-state index < -0.39 is 0 Å². The van der Waals surface area contributed by atoms with E-state index in [2.05, 4.69) is 36.4 Å². The number of para-hydroxylation sites is 1. The first-order valence-corrected chi connectivity index (χ1v) is 7.57. The van der Waals surface area contributed by atoms with Crippen molar-refractivity contribution < 1.29 is 4.74 Å². The lowest BCUT2D eigenvalue weighted by Crippen LogP contribution is -2.12. The smallest absolute Gasteiger partial charge is 0.148 e. The van der Waals surface area contributed by atoms with Gasteiger partial charge in [-0.2, -0.15) is 0 Å². The van der Waals surface area contributed by atoms with Crippen LogP contribution in [-0.2, 0) is 19.5 Å². The first kappa shape index (κ1) is 14.6. The van der Waals surface area contributed by atoms with E-state index in [1.165, 1.54) is 9.75 Å². The number of hydrogen-bond acceptors (Lipinski definition) is 3. The van der Waals surface area contributed by atoms with Crippen LogP contribution < -0.4 is 10.1 Å². The summed E-state index contributed by atoms with van der Waals surface area (Å²) in [4.78, 5) is 2.79. The second-order valence-electron chi connectivity index (χ2n) is 4.43. The molecular formula is C17H19NOS. The number of nitrogens with one attached hydrogen (secondary N) is 1. The normalized spacial score (nSPS) is 10.2. The van der Waals surface area contributed by atoms with Gasteiger partial charge in [-0.05, 0) is 24.6 Å². The number of rotatable bonds is 7. The van der Waals surface area contributed by atoms with Crippen molar-refractivity contribution in [2.75, 3.05) is 6.61 Å². The van der Waals surface area contributed by atoms with Gasteiger partial charge in [0.15, 0.2) is 0 Å². The molecule has 1 heterocycles. The molecule has 0 amide bonds. The monoisotopic (exact) mass is 285 g/mol. The molecule has 0 bridgehead atoms. The standard InChI is InChI=1S/C17H19NOS/c1-3-11-19-17-8-6-5-7-14(17)12-18-13-16-10-9-15(4-2)20-16/h1,5-10,18H,4,11-13H2,2H3. The van der Waals surface area contributed by atoms with Crippen LogP contribution in [0.5, 0.6) is 5.75 Å². The Morgan fingerprint density at radius 3 is 2.70 bits per heavy atom. The zero-order valence-corrected chi connectivity index (χ0v) is 12.5. The summed E-state index contributed by atoms with van der Waals surface area (Å²) in [5, 5.41) is 3.45. The molecule has 20 heavy (non-hydrogen) atoms. The molecule has 0 spiro atoms. The van der Waals surface area contributed by atoms with Crippen molar-refractivity contribution in [3.05, 3.63) is 51.7 Å². The van der Waals surface area contributed by atoms with Gasteiger partial charge in [-0.3, -0.25) is 0 Å². The number of hydrogen-bond donors (Lipinski definition) is 1. The Morgan fingerprint density at radius 2 is 1.95 bits per heavy atom. The molecule has 104 valence electrons. The van der Waals surface area contributed by atoms with Crippen LogP contribution in [0.25, 0.3) is 0 Å². The van der Waals surface area contributed by atoms with E-state index in [-0.39, 0.29) is 0 Å². The topological polar surface area (TPSA) is 21.3 Å². The van der Waals surface area contributed by atoms with E-state index in [0.717, 1.165) is 30.8 Å². The molecule has 0 unspecified atom stereocenters. The van der Waals surface area contributed by atoms with E-state index in [9.17, 15) is 0 Å². The average molecular weight is 285 g/mol. The molecule has 1 aromatic heterocycles. The van der Waals surface area contributed by atoms with Gasteiger partial charge in [0.1, 0.15) is 12.4 Å². The van der Waals surface area contributed by atoms with Crippen molar-refractivity contribution in [3.63, 3.8) is 0 Å². The Labute approximate surface area is 124 Å². The van der Waals surface area contributed by atoms with Crippen molar-refractivity contribution >= 4 is 11.3 Å². The molecule has 0 saturated carbocycles. The van der Waals surface area contributed by atoms with Crippen molar-refractivity contribution in [2.45, 2.75) is 26.4 Å². The summed E-state index contributed by atoms with van der Waals surface area (Å²) in [7, 11) is 0. The van der Waals surface area contributed by atoms with Crippen molar-refractivity contribution in [1.29, 1.82) is 0 Å². The third-order valence-electron chi connectivity index (χ3n) is 2.96. The van der Waals surface area contributed by atoms with Crippen LogP contribution in [0.4, 0.5) is 0 Å². The van der Waals surface area contributed by atoms with E-state index in [1.54, 1.807) is 0 Å². The lowest BCUT2D eigenvalue weighted by molar-refractivity contribution is 0.365. The molecule has 0 radical (unpaired) electrons. The Bertz CT molecular complexity index is 583. The van der Waals surface area contributed by atoms with Crippen molar-refractivity contribution in [1.82, 2.24) is 5.32 Å². The minimum atomic E-state index is 0.307. The van der Waals surface area contributed by atoms with Gasteiger partial charge in [0.05, 0.1) is 0 Å². The number of thiophene rings is 1. The molecule has 0 aliphatic rings. The minimum Gasteiger partial charge on any atom is -0.481 e. The molecule has 1 N–H and O–H groups in total. The molecule has 0 saturated heterocycles. The zero-order valence-electron chi connectivity index (χ0n) is 11.7. The molecule has 3 heteroatoms. The van der Waals surface area contributed by atoms with Crippen LogP contribution in [0.2, 0.25) is 0 Å². The largest absolute Gasteiger partial charge is 0.481 e. The van der Waals surface area contributed by atoms with Crippen molar-refractivity contribution in [3.8, 4) is 18.1 Å². The summed E-state index contributed by atoms with van der Waals surface area (Å²) in [6.07, 6.45) is 6.33. The Balaban J connectivity index is 1.89. The summed E-state index contributed by atoms with van der Waals surface area (Å²) in [6.45, 7) is 4.15. The number of benzene rings is 1. The van der Waals surface area contributed by atoms with Crippen LogP contribution in [0.1, 0.15) is 22.2 Å². The highest BCUT2D eigenvalue weighted by Gasteiger charge is 2.03. The number of terminal acetylenes is 1. The third-order valence-corrected chi connectivity index (χ3v) is 4.19. The SMILES string of the molecule is C#CCOc1ccccc1CNCc1ccc(CC)s1. The van der Waals surface area contributed by atoms with Gasteiger partial charge in [0, 0.05) is 28.4 Å². The third kappa shape index (κ3) is 4.12. The zero-order chi connectivity index (χ0) is 14.2. The molecule has 0 aliphatic heterocycles. The molecule has 0 aliphatic carbocycles. The summed E-state index contributed by atoms with van der Waals surface area (Å²) in [6, 6.07) is 12.4. The maximum atomic E-state index is 5.54. The van der Waals surface area contributed by atoms with Gasteiger partial charge in [-0.25, -0.2) is 0 Å². The first-order chi connectivity index (χ1) is 9.83. The molecule has 2 aromatic rings. The van der Waals surface area contributed by atoms with Crippen LogP contribution in [-0.4, -0.2) is 6.61 Å². The first-order valence-electron chi connectivity index (χ1n) is 6.76. The van der Waals surface area contributed by atoms with Gasteiger partial charge in [-0.15, -0.1) is 17.8 Å². The Morgan fingerprint density at radius 1 is 1.15 bits per heavy atom. The number of ether oxygens (including phenoxy) is 1. The van der Waals surface area contributed by atoms with E-state index in [0.29, 0.717) is 6.61 Å². The molecule has 0 atom stereocenters. The summed E-state index contributed by atoms with van der Waals surface area (Å²) in [5.41, 5.74) is 1.13. The fourth-order valence-electron chi connectivity index (χ4n) is 1.94. The van der Waals surface area contributed by atoms with Crippen LogP contribution in [0.3, 0.4) is 0 Å². The molecular weight excluding hydrogens is 266 g/mol. The predicted molar refractivity (Wildman–Crippen MR) is 85.0 cm³/mol. The predicted octanol–water partition coefficient (Wildman–Crippen LogP) is 3.61. The van der Waals surface area contributed by atoms with Gasteiger partial charge < -0.3 is 10.1 Å². The van der Waals surface area contributed by atoms with E-state index in [4.69, 9.17) is 11.2 Å². The quantitative estimate of drug-likeness (QED) is 0.785. The van der Waals surface area contributed by atoms with E-state index >= 15 is 0 Å². The average Bonchev–Trinajstić information content (AvgIpc) is 2.94. The van der Waals surface area contributed by atoms with Crippen LogP contribution in [0.15, 0.2) is 36.4 Å². The fraction of sp³-hybridized carbons (Fsp3) is 0.294. The highest BCUT2D eigenvalue weighted by molar-refractivity contribution is 7.11. The highest BCUT2D eigenvalue weighted by Crippen LogP contribution is 2.19. The van der Waals surface area contributed by atoms with Gasteiger partial charge >= 0.3 is 0 Å². The molecule has 2 nitrogen and oxygen atoms in total. The Hall–Kier alpha value is -1.76. The molecule has 2 rings (SSSR count). The van der Waals surface area contributed by atoms with Crippen LogP contribution in [0, 0.1) is 12.3 Å². The van der Waals surface area contributed by atoms with Gasteiger partial charge in [0.25, 0.3) is 0 Å². The molecule has 1 aromatic carbocycles. The maximum Gasteiger partial charge on any atom is 0.148 e. The van der Waals surface area contributed by atoms with E-state index in [1.807, 2.05) is 29.5 Å². The summed E-state index contributed by atoms with van der Waals surface area (Å²) >= 11 is 1.87. The summed E-state index contributed by atoms with van der Waals surface area (Å²) in [5.74, 6) is 3.35. The van der Waals surface area contributed by atoms with Gasteiger partial charge in [-0.1, -0.05) is 31.0 Å². The minimum absolute atomic E-state index is 0.307. The molecule has 0 fully saturated rings. The van der Waals surface area contributed by atoms with Crippen molar-refractivity contribution in [2.24, 2.45) is 0 Å².